The highest BCUT2D eigenvalue weighted by Crippen LogP contribution is 2.36. The number of rotatable bonds is 4. The van der Waals surface area contributed by atoms with Crippen molar-refractivity contribution in [3.05, 3.63) is 65.5 Å². The average molecular weight is 383 g/mol. The number of aryl methyl sites for hydroxylation is 2. The third-order valence-electron chi connectivity index (χ3n) is 4.83. The van der Waals surface area contributed by atoms with Gasteiger partial charge in [-0.1, -0.05) is 46.6 Å². The number of sulfonamides is 1. The molecule has 2 aromatic carbocycles. The van der Waals surface area contributed by atoms with Gasteiger partial charge in [0.25, 0.3) is 0 Å². The summed E-state index contributed by atoms with van der Waals surface area (Å²) in [7, 11) is -3.61. The first-order valence-electron chi connectivity index (χ1n) is 8.94. The maximum atomic E-state index is 13.1. The molecule has 1 saturated heterocycles. The van der Waals surface area contributed by atoms with Crippen molar-refractivity contribution in [2.45, 2.75) is 37.6 Å². The third-order valence-corrected chi connectivity index (χ3v) is 6.76. The summed E-state index contributed by atoms with van der Waals surface area (Å²) in [5.74, 6) is 0.827. The molecule has 0 aliphatic carbocycles. The molecular weight excluding hydrogens is 362 g/mol. The highest BCUT2D eigenvalue weighted by atomic mass is 32.2. The quantitative estimate of drug-likeness (QED) is 0.683. The van der Waals surface area contributed by atoms with E-state index in [0.717, 1.165) is 23.1 Å². The smallest absolute Gasteiger partial charge is 0.245 e. The Bertz CT molecular complexity index is 1060. The first kappa shape index (κ1) is 17.9. The van der Waals surface area contributed by atoms with Crippen LogP contribution in [0.5, 0.6) is 0 Å². The lowest BCUT2D eigenvalue weighted by molar-refractivity contribution is 0.290. The summed E-state index contributed by atoms with van der Waals surface area (Å²) in [6, 6.07) is 14.3. The molecule has 1 unspecified atom stereocenters. The molecule has 4 rings (SSSR count). The van der Waals surface area contributed by atoms with Gasteiger partial charge in [0.05, 0.1) is 4.90 Å². The van der Waals surface area contributed by atoms with Crippen molar-refractivity contribution in [1.29, 1.82) is 0 Å². The molecule has 0 radical (unpaired) electrons. The number of hydrogen-bond donors (Lipinski definition) is 0. The molecule has 7 heteroatoms. The molecule has 1 aliphatic heterocycles. The van der Waals surface area contributed by atoms with Crippen LogP contribution in [0.3, 0.4) is 0 Å². The molecule has 27 heavy (non-hydrogen) atoms. The first-order chi connectivity index (χ1) is 12.9. The minimum atomic E-state index is -3.61. The van der Waals surface area contributed by atoms with Crippen LogP contribution in [0.4, 0.5) is 0 Å². The maximum absolute atomic E-state index is 13.1. The first-order valence-corrected chi connectivity index (χ1v) is 10.4. The minimum Gasteiger partial charge on any atom is -0.337 e. The molecule has 6 nitrogen and oxygen atoms in total. The van der Waals surface area contributed by atoms with Gasteiger partial charge in [0, 0.05) is 12.1 Å². The van der Waals surface area contributed by atoms with Gasteiger partial charge in [-0.15, -0.1) is 0 Å². The van der Waals surface area contributed by atoms with Crippen LogP contribution in [0.2, 0.25) is 0 Å². The molecule has 0 N–H and O–H groups in total. The lowest BCUT2D eigenvalue weighted by Crippen LogP contribution is -2.30. The van der Waals surface area contributed by atoms with Gasteiger partial charge in [-0.25, -0.2) is 8.42 Å². The van der Waals surface area contributed by atoms with Gasteiger partial charge < -0.3 is 4.52 Å². The zero-order valence-electron chi connectivity index (χ0n) is 15.3. The summed E-state index contributed by atoms with van der Waals surface area (Å²) < 4.78 is 33.1. The Morgan fingerprint density at radius 1 is 1.07 bits per heavy atom. The summed E-state index contributed by atoms with van der Waals surface area (Å²) in [6.07, 6.45) is 1.43. The zero-order chi connectivity index (χ0) is 19.0. The standard InChI is InChI=1S/C20H21N3O3S/c1-14-8-10-17(11-9-14)27(24,25)23-12-4-7-18(23)20-21-19(22-26-20)16-6-3-5-15(2)13-16/h3,5-6,8-11,13,18H,4,7,12H2,1-2H3. The van der Waals surface area contributed by atoms with Crippen LogP contribution in [0.1, 0.15) is 35.9 Å². The predicted octanol–water partition coefficient (Wildman–Crippen LogP) is 3.88. The van der Waals surface area contributed by atoms with E-state index in [0.29, 0.717) is 29.6 Å². The van der Waals surface area contributed by atoms with Gasteiger partial charge in [-0.05, 0) is 44.9 Å². The van der Waals surface area contributed by atoms with Crippen molar-refractivity contribution < 1.29 is 12.9 Å². The van der Waals surface area contributed by atoms with Crippen LogP contribution in [-0.2, 0) is 10.0 Å². The molecule has 0 amide bonds. The Hall–Kier alpha value is -2.51. The Labute approximate surface area is 158 Å². The zero-order valence-corrected chi connectivity index (χ0v) is 16.1. The van der Waals surface area contributed by atoms with Crippen LogP contribution in [-0.4, -0.2) is 29.4 Å². The molecule has 1 aromatic heterocycles. The normalized spacial score (nSPS) is 18.1. The van der Waals surface area contributed by atoms with E-state index in [2.05, 4.69) is 10.1 Å². The Balaban J connectivity index is 1.65. The number of nitrogens with zero attached hydrogens (tertiary/aromatic N) is 3. The van der Waals surface area contributed by atoms with E-state index in [-0.39, 0.29) is 0 Å². The molecule has 1 atom stereocenters. The van der Waals surface area contributed by atoms with Crippen LogP contribution < -0.4 is 0 Å². The lowest BCUT2D eigenvalue weighted by Gasteiger charge is -2.21. The third kappa shape index (κ3) is 3.40. The topological polar surface area (TPSA) is 76.3 Å². The Kier molecular flexibility index (Phi) is 4.57. The van der Waals surface area contributed by atoms with E-state index < -0.39 is 16.1 Å². The molecule has 1 aliphatic rings. The Morgan fingerprint density at radius 2 is 1.85 bits per heavy atom. The fraction of sp³-hybridized carbons (Fsp3) is 0.300. The van der Waals surface area contributed by atoms with Gasteiger partial charge in [-0.2, -0.15) is 9.29 Å². The molecule has 0 saturated carbocycles. The lowest BCUT2D eigenvalue weighted by atomic mass is 10.1. The van der Waals surface area contributed by atoms with Crippen molar-refractivity contribution in [3.8, 4) is 11.4 Å². The second-order valence-corrected chi connectivity index (χ2v) is 8.80. The maximum Gasteiger partial charge on any atom is 0.245 e. The van der Waals surface area contributed by atoms with E-state index in [1.165, 1.54) is 4.31 Å². The summed E-state index contributed by atoms with van der Waals surface area (Å²) in [4.78, 5) is 4.78. The van der Waals surface area contributed by atoms with Crippen molar-refractivity contribution in [1.82, 2.24) is 14.4 Å². The van der Waals surface area contributed by atoms with Gasteiger partial charge >= 0.3 is 0 Å². The predicted molar refractivity (Wildman–Crippen MR) is 102 cm³/mol. The second kappa shape index (κ2) is 6.90. The van der Waals surface area contributed by atoms with Crippen LogP contribution in [0, 0.1) is 13.8 Å². The summed E-state index contributed by atoms with van der Waals surface area (Å²) in [5.41, 5.74) is 2.98. The summed E-state index contributed by atoms with van der Waals surface area (Å²) in [5, 5.41) is 4.07. The number of hydrogen-bond acceptors (Lipinski definition) is 5. The van der Waals surface area contributed by atoms with E-state index in [1.807, 2.05) is 38.1 Å². The van der Waals surface area contributed by atoms with Crippen LogP contribution in [0.15, 0.2) is 57.9 Å². The molecule has 0 spiro atoms. The number of benzene rings is 2. The van der Waals surface area contributed by atoms with E-state index in [9.17, 15) is 8.42 Å². The molecule has 0 bridgehead atoms. The minimum absolute atomic E-state index is 0.290. The highest BCUT2D eigenvalue weighted by Gasteiger charge is 2.39. The van der Waals surface area contributed by atoms with Crippen molar-refractivity contribution in [2.75, 3.05) is 6.54 Å². The fourth-order valence-corrected chi connectivity index (χ4v) is 5.04. The fourth-order valence-electron chi connectivity index (χ4n) is 3.39. The van der Waals surface area contributed by atoms with Gasteiger partial charge in [0.2, 0.25) is 21.7 Å². The SMILES string of the molecule is Cc1ccc(S(=O)(=O)N2CCCC2c2nc(-c3cccc(C)c3)no2)cc1. The van der Waals surface area contributed by atoms with Gasteiger partial charge in [0.1, 0.15) is 6.04 Å². The van der Waals surface area contributed by atoms with Crippen molar-refractivity contribution >= 4 is 10.0 Å². The highest BCUT2D eigenvalue weighted by molar-refractivity contribution is 7.89. The number of aromatic nitrogens is 2. The second-order valence-electron chi connectivity index (χ2n) is 6.91. The Morgan fingerprint density at radius 3 is 2.59 bits per heavy atom. The molecule has 140 valence electrons. The van der Waals surface area contributed by atoms with E-state index in [1.54, 1.807) is 24.3 Å². The van der Waals surface area contributed by atoms with Gasteiger partial charge in [0.15, 0.2) is 0 Å². The van der Waals surface area contributed by atoms with E-state index in [4.69, 9.17) is 4.52 Å². The average Bonchev–Trinajstić information content (AvgIpc) is 3.32. The summed E-state index contributed by atoms with van der Waals surface area (Å²) >= 11 is 0. The summed E-state index contributed by atoms with van der Waals surface area (Å²) in [6.45, 7) is 4.38. The van der Waals surface area contributed by atoms with Crippen LogP contribution >= 0.6 is 0 Å². The monoisotopic (exact) mass is 383 g/mol. The molecular formula is C20H21N3O3S. The molecule has 2 heterocycles. The van der Waals surface area contributed by atoms with Crippen LogP contribution in [0.25, 0.3) is 11.4 Å². The van der Waals surface area contributed by atoms with Gasteiger partial charge in [-0.3, -0.25) is 0 Å². The van der Waals surface area contributed by atoms with E-state index >= 15 is 0 Å². The van der Waals surface area contributed by atoms with Crippen molar-refractivity contribution in [3.63, 3.8) is 0 Å². The molecule has 3 aromatic rings. The molecule has 1 fully saturated rings. The van der Waals surface area contributed by atoms with Crippen molar-refractivity contribution in [2.24, 2.45) is 0 Å². The largest absolute Gasteiger partial charge is 0.337 e.